The standard InChI is InChI=1S/C11H16N2O3/c1-8(14)11(16)10(15)7-12-13-9-5-3-2-4-6-9/h2-6,8,10-11,14-16H,7H2,1H3. The van der Waals surface area contributed by atoms with E-state index in [1.807, 2.05) is 18.2 Å². The average molecular weight is 224 g/mol. The first kappa shape index (κ1) is 12.8. The van der Waals surface area contributed by atoms with Crippen LogP contribution in [-0.4, -0.2) is 40.2 Å². The van der Waals surface area contributed by atoms with Gasteiger partial charge in [0.2, 0.25) is 0 Å². The van der Waals surface area contributed by atoms with Gasteiger partial charge in [-0.2, -0.15) is 10.2 Å². The predicted molar refractivity (Wildman–Crippen MR) is 59.5 cm³/mol. The summed E-state index contributed by atoms with van der Waals surface area (Å²) in [4.78, 5) is 0. The van der Waals surface area contributed by atoms with Crippen molar-refractivity contribution in [1.82, 2.24) is 0 Å². The maximum Gasteiger partial charge on any atom is 0.107 e. The molecular weight excluding hydrogens is 208 g/mol. The Balaban J connectivity index is 2.43. The van der Waals surface area contributed by atoms with Crippen LogP contribution in [-0.2, 0) is 0 Å². The van der Waals surface area contributed by atoms with E-state index in [1.165, 1.54) is 6.92 Å². The van der Waals surface area contributed by atoms with Crippen molar-refractivity contribution in [3.63, 3.8) is 0 Å². The highest BCUT2D eigenvalue weighted by Gasteiger charge is 2.20. The summed E-state index contributed by atoms with van der Waals surface area (Å²) in [5.41, 5.74) is 0.682. The number of benzene rings is 1. The van der Waals surface area contributed by atoms with E-state index >= 15 is 0 Å². The van der Waals surface area contributed by atoms with Gasteiger partial charge in [0.05, 0.1) is 18.3 Å². The van der Waals surface area contributed by atoms with Gasteiger partial charge in [0.15, 0.2) is 0 Å². The summed E-state index contributed by atoms with van der Waals surface area (Å²) in [5.74, 6) is 0. The minimum Gasteiger partial charge on any atom is -0.391 e. The lowest BCUT2D eigenvalue weighted by atomic mass is 10.1. The molecule has 0 saturated heterocycles. The Kier molecular flexibility index (Phi) is 5.04. The van der Waals surface area contributed by atoms with Gasteiger partial charge in [0.1, 0.15) is 12.2 Å². The fraction of sp³-hybridized carbons (Fsp3) is 0.455. The van der Waals surface area contributed by atoms with Crippen molar-refractivity contribution in [3.8, 4) is 0 Å². The minimum atomic E-state index is -1.20. The number of nitrogens with zero attached hydrogens (tertiary/aromatic N) is 2. The summed E-state index contributed by atoms with van der Waals surface area (Å²) in [6.07, 6.45) is -3.29. The van der Waals surface area contributed by atoms with Crippen molar-refractivity contribution in [1.29, 1.82) is 0 Å². The van der Waals surface area contributed by atoms with Crippen LogP contribution in [0, 0.1) is 0 Å². The Morgan fingerprint density at radius 3 is 2.31 bits per heavy atom. The highest BCUT2D eigenvalue weighted by atomic mass is 16.4. The zero-order chi connectivity index (χ0) is 12.0. The Morgan fingerprint density at radius 2 is 1.75 bits per heavy atom. The van der Waals surface area contributed by atoms with E-state index in [0.29, 0.717) is 5.69 Å². The van der Waals surface area contributed by atoms with Crippen LogP contribution >= 0.6 is 0 Å². The third-order valence-corrected chi connectivity index (χ3v) is 2.10. The lowest BCUT2D eigenvalue weighted by Crippen LogP contribution is -2.37. The van der Waals surface area contributed by atoms with E-state index in [4.69, 9.17) is 5.11 Å². The van der Waals surface area contributed by atoms with Crippen molar-refractivity contribution in [2.45, 2.75) is 25.2 Å². The molecule has 0 aliphatic heterocycles. The molecule has 88 valence electrons. The van der Waals surface area contributed by atoms with Crippen LogP contribution in [0.1, 0.15) is 6.92 Å². The largest absolute Gasteiger partial charge is 0.391 e. The van der Waals surface area contributed by atoms with Gasteiger partial charge >= 0.3 is 0 Å². The van der Waals surface area contributed by atoms with Crippen molar-refractivity contribution in [2.75, 3.05) is 6.54 Å². The van der Waals surface area contributed by atoms with Gasteiger partial charge in [-0.15, -0.1) is 0 Å². The van der Waals surface area contributed by atoms with Gasteiger partial charge in [-0.3, -0.25) is 0 Å². The molecule has 5 heteroatoms. The number of aliphatic hydroxyl groups excluding tert-OH is 3. The third kappa shape index (κ3) is 4.06. The summed E-state index contributed by atoms with van der Waals surface area (Å²) in [6, 6.07) is 9.08. The molecule has 3 unspecified atom stereocenters. The number of hydrogen-bond donors (Lipinski definition) is 3. The molecule has 0 radical (unpaired) electrons. The van der Waals surface area contributed by atoms with Crippen LogP contribution in [0.4, 0.5) is 5.69 Å². The van der Waals surface area contributed by atoms with Gasteiger partial charge in [-0.05, 0) is 19.1 Å². The van der Waals surface area contributed by atoms with Gasteiger partial charge in [0.25, 0.3) is 0 Å². The molecule has 0 aliphatic carbocycles. The second-order valence-electron chi connectivity index (χ2n) is 3.56. The summed E-state index contributed by atoms with van der Waals surface area (Å²) < 4.78 is 0. The molecule has 3 atom stereocenters. The summed E-state index contributed by atoms with van der Waals surface area (Å²) in [7, 11) is 0. The molecular formula is C11H16N2O3. The van der Waals surface area contributed by atoms with Crippen LogP contribution in [0.3, 0.4) is 0 Å². The zero-order valence-electron chi connectivity index (χ0n) is 9.06. The van der Waals surface area contributed by atoms with E-state index in [1.54, 1.807) is 12.1 Å². The van der Waals surface area contributed by atoms with E-state index in [-0.39, 0.29) is 6.54 Å². The lowest BCUT2D eigenvalue weighted by molar-refractivity contribution is -0.0477. The molecule has 3 N–H and O–H groups in total. The van der Waals surface area contributed by atoms with Crippen molar-refractivity contribution < 1.29 is 15.3 Å². The van der Waals surface area contributed by atoms with Crippen LogP contribution in [0.15, 0.2) is 40.6 Å². The average Bonchev–Trinajstić information content (AvgIpc) is 2.29. The predicted octanol–water partition coefficient (Wildman–Crippen LogP) is 0.873. The molecule has 0 aliphatic rings. The second-order valence-corrected chi connectivity index (χ2v) is 3.56. The number of azo groups is 1. The first-order valence-corrected chi connectivity index (χ1v) is 5.08. The Labute approximate surface area is 94.1 Å². The molecule has 5 nitrogen and oxygen atoms in total. The SMILES string of the molecule is CC(O)C(O)C(O)CN=Nc1ccccc1. The third-order valence-electron chi connectivity index (χ3n) is 2.10. The quantitative estimate of drug-likeness (QED) is 0.649. The lowest BCUT2D eigenvalue weighted by Gasteiger charge is -2.17. The van der Waals surface area contributed by atoms with E-state index in [0.717, 1.165) is 0 Å². The Bertz CT molecular complexity index is 327. The van der Waals surface area contributed by atoms with Crippen molar-refractivity contribution in [2.24, 2.45) is 10.2 Å². The monoisotopic (exact) mass is 224 g/mol. The maximum atomic E-state index is 9.40. The minimum absolute atomic E-state index is 0.0407. The zero-order valence-corrected chi connectivity index (χ0v) is 9.06. The van der Waals surface area contributed by atoms with Gasteiger partial charge in [-0.25, -0.2) is 0 Å². The first-order valence-electron chi connectivity index (χ1n) is 5.08. The molecule has 0 heterocycles. The molecule has 0 bridgehead atoms. The van der Waals surface area contributed by atoms with E-state index in [9.17, 15) is 10.2 Å². The first-order chi connectivity index (χ1) is 7.61. The molecule has 0 saturated carbocycles. The molecule has 1 aromatic rings. The summed E-state index contributed by atoms with van der Waals surface area (Å²) in [5, 5.41) is 35.3. The highest BCUT2D eigenvalue weighted by molar-refractivity contribution is 5.34. The molecule has 1 aromatic carbocycles. The van der Waals surface area contributed by atoms with Crippen LogP contribution in [0.5, 0.6) is 0 Å². The fourth-order valence-corrected chi connectivity index (χ4v) is 1.13. The smallest absolute Gasteiger partial charge is 0.107 e. The van der Waals surface area contributed by atoms with Crippen molar-refractivity contribution >= 4 is 5.69 Å². The number of hydrogen-bond acceptors (Lipinski definition) is 5. The molecule has 1 rings (SSSR count). The number of aliphatic hydroxyl groups is 3. The number of rotatable bonds is 5. The molecule has 0 aromatic heterocycles. The summed E-state index contributed by atoms with van der Waals surface area (Å²) >= 11 is 0. The van der Waals surface area contributed by atoms with Crippen LogP contribution in [0.2, 0.25) is 0 Å². The topological polar surface area (TPSA) is 85.4 Å². The van der Waals surface area contributed by atoms with Gasteiger partial charge in [-0.1, -0.05) is 18.2 Å². The molecule has 0 fully saturated rings. The Hall–Kier alpha value is -1.30. The summed E-state index contributed by atoms with van der Waals surface area (Å²) in [6.45, 7) is 1.36. The maximum absolute atomic E-state index is 9.40. The van der Waals surface area contributed by atoms with Crippen LogP contribution < -0.4 is 0 Å². The van der Waals surface area contributed by atoms with Gasteiger partial charge in [0, 0.05) is 0 Å². The van der Waals surface area contributed by atoms with E-state index in [2.05, 4.69) is 10.2 Å². The molecule has 0 spiro atoms. The van der Waals surface area contributed by atoms with E-state index < -0.39 is 18.3 Å². The molecule has 16 heavy (non-hydrogen) atoms. The Morgan fingerprint density at radius 1 is 1.12 bits per heavy atom. The fourth-order valence-electron chi connectivity index (χ4n) is 1.13. The van der Waals surface area contributed by atoms with Gasteiger partial charge < -0.3 is 15.3 Å². The second kappa shape index (κ2) is 6.32. The van der Waals surface area contributed by atoms with Crippen molar-refractivity contribution in [3.05, 3.63) is 30.3 Å². The normalized spacial score (nSPS) is 17.2. The highest BCUT2D eigenvalue weighted by Crippen LogP contribution is 2.10. The van der Waals surface area contributed by atoms with Crippen LogP contribution in [0.25, 0.3) is 0 Å². The molecule has 0 amide bonds.